The summed E-state index contributed by atoms with van der Waals surface area (Å²) >= 11 is 0. The summed E-state index contributed by atoms with van der Waals surface area (Å²) in [4.78, 5) is 11.6. The normalized spacial score (nSPS) is 20.1. The van der Waals surface area contributed by atoms with Crippen LogP contribution in [0.15, 0.2) is 18.6 Å². The first-order valence-electron chi connectivity index (χ1n) is 6.93. The van der Waals surface area contributed by atoms with Crippen molar-refractivity contribution >= 4 is 32.1 Å². The lowest BCUT2D eigenvalue weighted by Gasteiger charge is -2.14. The van der Waals surface area contributed by atoms with Gasteiger partial charge < -0.3 is 4.98 Å². The quantitative estimate of drug-likeness (QED) is 0.744. The Balaban J connectivity index is 1.87. The van der Waals surface area contributed by atoms with E-state index in [0.717, 1.165) is 22.9 Å². The number of H-pyrrole nitrogens is 1. The molecule has 114 valence electrons. The van der Waals surface area contributed by atoms with E-state index in [4.69, 9.17) is 0 Å². The van der Waals surface area contributed by atoms with Gasteiger partial charge in [0.2, 0.25) is 10.0 Å². The van der Waals surface area contributed by atoms with Crippen LogP contribution in [0.5, 0.6) is 0 Å². The molecule has 0 radical (unpaired) electrons. The van der Waals surface area contributed by atoms with E-state index in [0.29, 0.717) is 24.4 Å². The van der Waals surface area contributed by atoms with Crippen LogP contribution >= 0.6 is 0 Å². The molecule has 22 heavy (non-hydrogen) atoms. The van der Waals surface area contributed by atoms with E-state index in [-0.39, 0.29) is 5.92 Å². The molecule has 4 rings (SSSR count). The molecule has 0 saturated carbocycles. The molecule has 1 atom stereocenters. The van der Waals surface area contributed by atoms with Crippen LogP contribution in [0.25, 0.3) is 22.1 Å². The summed E-state index contributed by atoms with van der Waals surface area (Å²) in [5.41, 5.74) is 2.06. The number of aromatic nitrogens is 5. The molecule has 0 bridgehead atoms. The molecule has 8 nitrogen and oxygen atoms in total. The number of nitrogens with zero attached hydrogens (tertiary/aromatic N) is 5. The van der Waals surface area contributed by atoms with Gasteiger partial charge in [0.25, 0.3) is 0 Å². The first kappa shape index (κ1) is 13.5. The van der Waals surface area contributed by atoms with Gasteiger partial charge in [-0.2, -0.15) is 0 Å². The highest BCUT2D eigenvalue weighted by Gasteiger charge is 2.32. The van der Waals surface area contributed by atoms with Crippen molar-refractivity contribution in [1.82, 2.24) is 29.5 Å². The molecule has 4 heterocycles. The third-order valence-corrected chi connectivity index (χ3v) is 5.37. The molecule has 9 heteroatoms. The fraction of sp³-hybridized carbons (Fsp3) is 0.385. The maximum absolute atomic E-state index is 11.7. The molecule has 1 unspecified atom stereocenters. The highest BCUT2D eigenvalue weighted by atomic mass is 32.2. The second kappa shape index (κ2) is 4.68. The fourth-order valence-electron chi connectivity index (χ4n) is 3.03. The van der Waals surface area contributed by atoms with Gasteiger partial charge in [0.15, 0.2) is 11.3 Å². The fourth-order valence-corrected chi connectivity index (χ4v) is 3.92. The van der Waals surface area contributed by atoms with Crippen LogP contribution in [-0.2, 0) is 10.0 Å². The summed E-state index contributed by atoms with van der Waals surface area (Å²) < 4.78 is 24.9. The number of hydrogen-bond donors (Lipinski definition) is 1. The van der Waals surface area contributed by atoms with Crippen LogP contribution in [-0.4, -0.2) is 57.2 Å². The van der Waals surface area contributed by atoms with Crippen LogP contribution in [0, 0.1) is 0 Å². The predicted molar refractivity (Wildman–Crippen MR) is 80.8 cm³/mol. The van der Waals surface area contributed by atoms with E-state index in [1.807, 2.05) is 6.07 Å². The average molecular weight is 318 g/mol. The Morgan fingerprint density at radius 3 is 2.95 bits per heavy atom. The van der Waals surface area contributed by atoms with E-state index in [1.54, 1.807) is 6.20 Å². The standard InChI is InChI=1S/C13H14N6O2S/c1-22(20,21)19-5-3-8(6-19)11-10-9-2-4-14-12(9)17-18-13(10)16-7-15-11/h2,4,7-8H,3,5-6H2,1H3,(H,14,17). The molecule has 3 aromatic rings. The van der Waals surface area contributed by atoms with Crippen LogP contribution in [0.1, 0.15) is 18.0 Å². The van der Waals surface area contributed by atoms with Gasteiger partial charge >= 0.3 is 0 Å². The number of aromatic amines is 1. The Bertz CT molecular complexity index is 967. The summed E-state index contributed by atoms with van der Waals surface area (Å²) in [6, 6.07) is 1.92. The molecule has 0 aliphatic carbocycles. The second-order valence-corrected chi connectivity index (χ2v) is 7.49. The van der Waals surface area contributed by atoms with Gasteiger partial charge in [-0.15, -0.1) is 10.2 Å². The number of fused-ring (bicyclic) bond motifs is 3. The summed E-state index contributed by atoms with van der Waals surface area (Å²) in [6.45, 7) is 0.961. The van der Waals surface area contributed by atoms with Crippen molar-refractivity contribution in [2.75, 3.05) is 19.3 Å². The van der Waals surface area contributed by atoms with Crippen LogP contribution in [0.2, 0.25) is 0 Å². The second-order valence-electron chi connectivity index (χ2n) is 5.50. The van der Waals surface area contributed by atoms with E-state index in [1.165, 1.54) is 16.9 Å². The van der Waals surface area contributed by atoms with Gasteiger partial charge in [0.1, 0.15) is 6.33 Å². The van der Waals surface area contributed by atoms with Gasteiger partial charge in [-0.1, -0.05) is 0 Å². The van der Waals surface area contributed by atoms with Crippen LogP contribution in [0.3, 0.4) is 0 Å². The smallest absolute Gasteiger partial charge is 0.211 e. The molecule has 0 aromatic carbocycles. The Kier molecular flexibility index (Phi) is 2.88. The molecule has 1 saturated heterocycles. The van der Waals surface area contributed by atoms with E-state index >= 15 is 0 Å². The van der Waals surface area contributed by atoms with Crippen molar-refractivity contribution in [2.45, 2.75) is 12.3 Å². The monoisotopic (exact) mass is 318 g/mol. The van der Waals surface area contributed by atoms with Crippen molar-refractivity contribution in [3.8, 4) is 0 Å². The summed E-state index contributed by atoms with van der Waals surface area (Å²) in [7, 11) is -3.17. The minimum absolute atomic E-state index is 0.0440. The van der Waals surface area contributed by atoms with Crippen molar-refractivity contribution in [3.05, 3.63) is 24.3 Å². The molecule has 1 N–H and O–H groups in total. The number of sulfonamides is 1. The average Bonchev–Trinajstić information content (AvgIpc) is 3.15. The van der Waals surface area contributed by atoms with Crippen molar-refractivity contribution in [3.63, 3.8) is 0 Å². The molecule has 1 aliphatic heterocycles. The lowest BCUT2D eigenvalue weighted by Crippen LogP contribution is -2.27. The van der Waals surface area contributed by atoms with Gasteiger partial charge in [-0.05, 0) is 12.5 Å². The molecular weight excluding hydrogens is 304 g/mol. The minimum Gasteiger partial charge on any atom is -0.345 e. The van der Waals surface area contributed by atoms with Gasteiger partial charge in [-0.3, -0.25) is 0 Å². The first-order valence-corrected chi connectivity index (χ1v) is 8.78. The van der Waals surface area contributed by atoms with Crippen molar-refractivity contribution in [2.24, 2.45) is 0 Å². The lowest BCUT2D eigenvalue weighted by molar-refractivity contribution is 0.478. The number of hydrogen-bond acceptors (Lipinski definition) is 6. The maximum Gasteiger partial charge on any atom is 0.211 e. The first-order chi connectivity index (χ1) is 10.5. The third kappa shape index (κ3) is 2.04. The topological polar surface area (TPSA) is 105 Å². The maximum atomic E-state index is 11.7. The Hall–Kier alpha value is -2.13. The zero-order chi connectivity index (χ0) is 15.3. The summed E-state index contributed by atoms with van der Waals surface area (Å²) in [6.07, 6.45) is 5.25. The highest BCUT2D eigenvalue weighted by molar-refractivity contribution is 7.88. The third-order valence-electron chi connectivity index (χ3n) is 4.10. The molecule has 0 amide bonds. The Morgan fingerprint density at radius 2 is 2.18 bits per heavy atom. The summed E-state index contributed by atoms with van der Waals surface area (Å²) in [5.74, 6) is 0.0440. The zero-order valence-corrected chi connectivity index (χ0v) is 12.7. The van der Waals surface area contributed by atoms with E-state index in [9.17, 15) is 8.42 Å². The van der Waals surface area contributed by atoms with E-state index < -0.39 is 10.0 Å². The predicted octanol–water partition coefficient (Wildman–Crippen LogP) is 0.650. The van der Waals surface area contributed by atoms with E-state index in [2.05, 4.69) is 25.1 Å². The lowest BCUT2D eigenvalue weighted by atomic mass is 10.0. The Morgan fingerprint density at radius 1 is 1.32 bits per heavy atom. The molecular formula is C13H14N6O2S. The largest absolute Gasteiger partial charge is 0.345 e. The van der Waals surface area contributed by atoms with Gasteiger partial charge in [-0.25, -0.2) is 22.7 Å². The zero-order valence-electron chi connectivity index (χ0n) is 11.9. The number of rotatable bonds is 2. The molecule has 1 fully saturated rings. The molecule has 0 spiro atoms. The molecule has 1 aliphatic rings. The number of nitrogens with one attached hydrogen (secondary N) is 1. The SMILES string of the molecule is CS(=O)(=O)N1CCC(c2ncnc3nnc4[nH]ccc4c23)C1. The van der Waals surface area contributed by atoms with Crippen LogP contribution < -0.4 is 0 Å². The van der Waals surface area contributed by atoms with Crippen LogP contribution in [0.4, 0.5) is 0 Å². The Labute approximate surface area is 126 Å². The highest BCUT2D eigenvalue weighted by Crippen LogP contribution is 2.33. The summed E-state index contributed by atoms with van der Waals surface area (Å²) in [5, 5.41) is 9.98. The minimum atomic E-state index is -3.17. The van der Waals surface area contributed by atoms with Gasteiger partial charge in [0, 0.05) is 30.6 Å². The van der Waals surface area contributed by atoms with Crippen molar-refractivity contribution < 1.29 is 8.42 Å². The molecule has 3 aromatic heterocycles. The van der Waals surface area contributed by atoms with Gasteiger partial charge in [0.05, 0.1) is 17.3 Å². The van der Waals surface area contributed by atoms with Crippen molar-refractivity contribution in [1.29, 1.82) is 0 Å².